The molecule has 1 aromatic carbocycles. The van der Waals surface area contributed by atoms with Crippen molar-refractivity contribution in [1.29, 1.82) is 0 Å². The molecule has 17 heavy (non-hydrogen) atoms. The largest absolute Gasteiger partial charge is 0.250 e. The van der Waals surface area contributed by atoms with E-state index in [0.717, 1.165) is 31.0 Å². The molecule has 0 aliphatic heterocycles. The van der Waals surface area contributed by atoms with E-state index in [2.05, 4.69) is 41.3 Å². The predicted molar refractivity (Wildman–Crippen MR) is 69.0 cm³/mol. The molecule has 0 amide bonds. The monoisotopic (exact) mass is 229 g/mol. The molecule has 1 heterocycles. The van der Waals surface area contributed by atoms with Gasteiger partial charge in [0.25, 0.3) is 0 Å². The Hall–Kier alpha value is -1.64. The number of rotatable bonds is 4. The summed E-state index contributed by atoms with van der Waals surface area (Å²) in [5.74, 6) is 1.87. The number of benzene rings is 1. The fourth-order valence-electron chi connectivity index (χ4n) is 2.08. The predicted octanol–water partition coefficient (Wildman–Crippen LogP) is 2.84. The van der Waals surface area contributed by atoms with Crippen LogP contribution in [-0.4, -0.2) is 14.8 Å². The van der Waals surface area contributed by atoms with Crippen molar-refractivity contribution in [2.45, 2.75) is 40.2 Å². The lowest BCUT2D eigenvalue weighted by molar-refractivity contribution is 0.559. The van der Waals surface area contributed by atoms with Gasteiger partial charge in [-0.1, -0.05) is 24.3 Å². The zero-order chi connectivity index (χ0) is 12.3. The van der Waals surface area contributed by atoms with Crippen LogP contribution in [0.3, 0.4) is 0 Å². The smallest absolute Gasteiger partial charge is 0.147 e. The van der Waals surface area contributed by atoms with Gasteiger partial charge in [0, 0.05) is 6.54 Å². The maximum Gasteiger partial charge on any atom is 0.147 e. The van der Waals surface area contributed by atoms with Gasteiger partial charge in [0.05, 0.1) is 0 Å². The number of nitrogens with zero attached hydrogens (tertiary/aromatic N) is 3. The van der Waals surface area contributed by atoms with Gasteiger partial charge in [0.15, 0.2) is 0 Å². The molecular formula is C14H19N3. The summed E-state index contributed by atoms with van der Waals surface area (Å²) in [5.41, 5.74) is 2.81. The maximum absolute atomic E-state index is 4.37. The van der Waals surface area contributed by atoms with Gasteiger partial charge in [0.2, 0.25) is 0 Å². The number of aryl methyl sites for hydroxylation is 5. The second-order valence-electron chi connectivity index (χ2n) is 4.46. The quantitative estimate of drug-likeness (QED) is 0.807. The molecule has 0 atom stereocenters. The Balaban J connectivity index is 1.92. The zero-order valence-corrected chi connectivity index (χ0v) is 10.8. The Bertz CT molecular complexity index is 500. The highest BCUT2D eigenvalue weighted by Gasteiger charge is 2.02. The molecule has 0 saturated carbocycles. The van der Waals surface area contributed by atoms with Crippen molar-refractivity contribution in [3.05, 3.63) is 47.0 Å². The first-order valence-electron chi connectivity index (χ1n) is 6.09. The van der Waals surface area contributed by atoms with E-state index in [9.17, 15) is 0 Å². The van der Waals surface area contributed by atoms with Gasteiger partial charge in [-0.3, -0.25) is 4.68 Å². The standard InChI is InChI=1S/C14H19N3/c1-11-7-4-5-8-14(11)9-6-10-17-13(3)15-12(2)16-17/h4-5,7-8H,6,9-10H2,1-3H3. The van der Waals surface area contributed by atoms with Crippen molar-refractivity contribution in [2.75, 3.05) is 0 Å². The van der Waals surface area contributed by atoms with Crippen LogP contribution in [0.5, 0.6) is 0 Å². The number of hydrogen-bond donors (Lipinski definition) is 0. The van der Waals surface area contributed by atoms with Crippen molar-refractivity contribution in [1.82, 2.24) is 14.8 Å². The molecule has 90 valence electrons. The van der Waals surface area contributed by atoms with Crippen molar-refractivity contribution in [3.63, 3.8) is 0 Å². The normalized spacial score (nSPS) is 10.8. The van der Waals surface area contributed by atoms with Crippen molar-refractivity contribution >= 4 is 0 Å². The SMILES string of the molecule is Cc1nc(C)n(CCCc2ccccc2C)n1. The van der Waals surface area contributed by atoms with E-state index < -0.39 is 0 Å². The lowest BCUT2D eigenvalue weighted by atomic mass is 10.0. The van der Waals surface area contributed by atoms with Crippen LogP contribution in [0.15, 0.2) is 24.3 Å². The lowest BCUT2D eigenvalue weighted by Crippen LogP contribution is -2.04. The van der Waals surface area contributed by atoms with E-state index in [1.807, 2.05) is 18.5 Å². The Kier molecular flexibility index (Phi) is 3.57. The summed E-state index contributed by atoms with van der Waals surface area (Å²) in [6.07, 6.45) is 2.21. The van der Waals surface area contributed by atoms with Crippen LogP contribution in [0.25, 0.3) is 0 Å². The van der Waals surface area contributed by atoms with Crippen LogP contribution in [0.1, 0.15) is 29.2 Å². The molecule has 0 bridgehead atoms. The van der Waals surface area contributed by atoms with Gasteiger partial charge in [0.1, 0.15) is 11.6 Å². The Morgan fingerprint density at radius 1 is 1.12 bits per heavy atom. The first-order valence-corrected chi connectivity index (χ1v) is 6.09. The summed E-state index contributed by atoms with van der Waals surface area (Å²) in [6.45, 7) is 7.06. The van der Waals surface area contributed by atoms with E-state index >= 15 is 0 Å². The van der Waals surface area contributed by atoms with Crippen molar-refractivity contribution in [3.8, 4) is 0 Å². The van der Waals surface area contributed by atoms with Crippen molar-refractivity contribution in [2.24, 2.45) is 0 Å². The molecule has 0 N–H and O–H groups in total. The molecule has 0 unspecified atom stereocenters. The average molecular weight is 229 g/mol. The van der Waals surface area contributed by atoms with Crippen LogP contribution in [0.2, 0.25) is 0 Å². The molecule has 0 radical (unpaired) electrons. The summed E-state index contributed by atoms with van der Waals surface area (Å²) in [5, 5.41) is 4.37. The van der Waals surface area contributed by atoms with Crippen LogP contribution in [0, 0.1) is 20.8 Å². The summed E-state index contributed by atoms with van der Waals surface area (Å²) >= 11 is 0. The fraction of sp³-hybridized carbons (Fsp3) is 0.429. The van der Waals surface area contributed by atoms with Crippen LogP contribution in [0.4, 0.5) is 0 Å². The molecule has 3 nitrogen and oxygen atoms in total. The summed E-state index contributed by atoms with van der Waals surface area (Å²) in [7, 11) is 0. The highest BCUT2D eigenvalue weighted by Crippen LogP contribution is 2.10. The maximum atomic E-state index is 4.37. The molecule has 0 aliphatic rings. The average Bonchev–Trinajstić information content (AvgIpc) is 2.60. The third-order valence-electron chi connectivity index (χ3n) is 3.04. The van der Waals surface area contributed by atoms with Crippen LogP contribution in [-0.2, 0) is 13.0 Å². The third kappa shape index (κ3) is 2.93. The van der Waals surface area contributed by atoms with Gasteiger partial charge in [-0.05, 0) is 44.7 Å². The Morgan fingerprint density at radius 2 is 1.88 bits per heavy atom. The Labute approximate surface area is 103 Å². The van der Waals surface area contributed by atoms with Crippen LogP contribution >= 0.6 is 0 Å². The van der Waals surface area contributed by atoms with E-state index in [1.54, 1.807) is 0 Å². The van der Waals surface area contributed by atoms with E-state index in [0.29, 0.717) is 0 Å². The zero-order valence-electron chi connectivity index (χ0n) is 10.8. The topological polar surface area (TPSA) is 30.7 Å². The van der Waals surface area contributed by atoms with Gasteiger partial charge in [-0.15, -0.1) is 0 Å². The molecule has 2 aromatic rings. The van der Waals surface area contributed by atoms with E-state index in [1.165, 1.54) is 11.1 Å². The first kappa shape index (κ1) is 11.8. The minimum atomic E-state index is 0.860. The lowest BCUT2D eigenvalue weighted by Gasteiger charge is -2.06. The first-order chi connectivity index (χ1) is 8.16. The van der Waals surface area contributed by atoms with Crippen molar-refractivity contribution < 1.29 is 0 Å². The summed E-state index contributed by atoms with van der Waals surface area (Å²) in [4.78, 5) is 4.31. The molecule has 1 aromatic heterocycles. The highest BCUT2D eigenvalue weighted by atomic mass is 15.3. The van der Waals surface area contributed by atoms with Crippen LogP contribution < -0.4 is 0 Å². The highest BCUT2D eigenvalue weighted by molar-refractivity contribution is 5.25. The third-order valence-corrected chi connectivity index (χ3v) is 3.04. The summed E-state index contributed by atoms with van der Waals surface area (Å²) < 4.78 is 1.99. The van der Waals surface area contributed by atoms with Gasteiger partial charge >= 0.3 is 0 Å². The molecule has 0 aliphatic carbocycles. The second-order valence-corrected chi connectivity index (χ2v) is 4.46. The molecule has 0 saturated heterocycles. The molecule has 0 spiro atoms. The molecule has 3 heteroatoms. The van der Waals surface area contributed by atoms with Gasteiger partial charge in [-0.2, -0.15) is 5.10 Å². The Morgan fingerprint density at radius 3 is 2.53 bits per heavy atom. The van der Waals surface area contributed by atoms with E-state index in [4.69, 9.17) is 0 Å². The summed E-state index contributed by atoms with van der Waals surface area (Å²) in [6, 6.07) is 8.56. The number of hydrogen-bond acceptors (Lipinski definition) is 2. The second kappa shape index (κ2) is 5.13. The van der Waals surface area contributed by atoms with Gasteiger partial charge < -0.3 is 0 Å². The fourth-order valence-corrected chi connectivity index (χ4v) is 2.08. The number of aromatic nitrogens is 3. The minimum absolute atomic E-state index is 0.860. The minimum Gasteiger partial charge on any atom is -0.250 e. The molecule has 0 fully saturated rings. The van der Waals surface area contributed by atoms with E-state index in [-0.39, 0.29) is 0 Å². The molecular weight excluding hydrogens is 210 g/mol. The van der Waals surface area contributed by atoms with Gasteiger partial charge in [-0.25, -0.2) is 4.98 Å². The molecule has 2 rings (SSSR count).